The summed E-state index contributed by atoms with van der Waals surface area (Å²) in [5.74, 6) is -0.774. The molecule has 2 heteroatoms. The second-order valence-electron chi connectivity index (χ2n) is 2.57. The third-order valence-electron chi connectivity index (χ3n) is 1.35. The van der Waals surface area contributed by atoms with Crippen molar-refractivity contribution in [3.05, 3.63) is 24.3 Å². The number of hydrogen-bond acceptors (Lipinski definition) is 1. The quantitative estimate of drug-likeness (QED) is 0.619. The zero-order valence-electron chi connectivity index (χ0n) is 7.49. The van der Waals surface area contributed by atoms with E-state index in [0.717, 1.165) is 19.3 Å². The highest BCUT2D eigenvalue weighted by molar-refractivity contribution is 5.68. The van der Waals surface area contributed by atoms with E-state index in [-0.39, 0.29) is 6.42 Å². The summed E-state index contributed by atoms with van der Waals surface area (Å²) in [5, 5.41) is 8.28. The minimum Gasteiger partial charge on any atom is -0.481 e. The molecule has 0 aliphatic heterocycles. The molecule has 0 saturated heterocycles. The summed E-state index contributed by atoms with van der Waals surface area (Å²) in [7, 11) is 0. The fourth-order valence-electron chi connectivity index (χ4n) is 0.740. The van der Waals surface area contributed by atoms with Crippen molar-refractivity contribution in [2.24, 2.45) is 0 Å². The monoisotopic (exact) mass is 168 g/mol. The molecule has 0 amide bonds. The Labute approximate surface area is 73.6 Å². The number of hydrogen-bond donors (Lipinski definition) is 1. The first-order valence-corrected chi connectivity index (χ1v) is 4.29. The van der Waals surface area contributed by atoms with Gasteiger partial charge in [0.2, 0.25) is 0 Å². The third kappa shape index (κ3) is 8.95. The Hall–Kier alpha value is -1.05. The van der Waals surface area contributed by atoms with Gasteiger partial charge in [0.1, 0.15) is 0 Å². The summed E-state index contributed by atoms with van der Waals surface area (Å²) < 4.78 is 0. The van der Waals surface area contributed by atoms with Gasteiger partial charge in [0.25, 0.3) is 0 Å². The average molecular weight is 168 g/mol. The molecular weight excluding hydrogens is 152 g/mol. The topological polar surface area (TPSA) is 37.3 Å². The highest BCUT2D eigenvalue weighted by Crippen LogP contribution is 1.93. The van der Waals surface area contributed by atoms with Crippen LogP contribution in [0.3, 0.4) is 0 Å². The van der Waals surface area contributed by atoms with Crippen molar-refractivity contribution in [2.75, 3.05) is 0 Å². The summed E-state index contributed by atoms with van der Waals surface area (Å²) in [5.41, 5.74) is 0. The van der Waals surface area contributed by atoms with Crippen molar-refractivity contribution in [3.8, 4) is 0 Å². The average Bonchev–Trinajstić information content (AvgIpc) is 2.02. The number of carboxylic acid groups (broad SMARTS) is 1. The summed E-state index contributed by atoms with van der Waals surface area (Å²) in [6.07, 6.45) is 11.0. The largest absolute Gasteiger partial charge is 0.481 e. The van der Waals surface area contributed by atoms with Crippen LogP contribution < -0.4 is 0 Å². The van der Waals surface area contributed by atoms with Gasteiger partial charge in [-0.3, -0.25) is 4.79 Å². The summed E-state index contributed by atoms with van der Waals surface area (Å²) in [4.78, 5) is 10.1. The molecule has 0 aliphatic rings. The molecule has 0 spiro atoms. The summed E-state index contributed by atoms with van der Waals surface area (Å²) in [6.45, 7) is 2.13. The Morgan fingerprint density at radius 2 is 1.92 bits per heavy atom. The molecule has 0 heterocycles. The van der Waals surface area contributed by atoms with E-state index in [1.165, 1.54) is 0 Å². The molecule has 0 unspecified atom stereocenters. The predicted molar refractivity (Wildman–Crippen MR) is 50.1 cm³/mol. The van der Waals surface area contributed by atoms with Gasteiger partial charge in [-0.05, 0) is 12.8 Å². The van der Waals surface area contributed by atoms with E-state index in [1.54, 1.807) is 6.08 Å². The Morgan fingerprint density at radius 1 is 1.25 bits per heavy atom. The zero-order valence-corrected chi connectivity index (χ0v) is 7.49. The molecule has 0 aromatic heterocycles. The summed E-state index contributed by atoms with van der Waals surface area (Å²) in [6, 6.07) is 0. The van der Waals surface area contributed by atoms with Gasteiger partial charge in [0.05, 0.1) is 6.42 Å². The zero-order chi connectivity index (χ0) is 9.23. The van der Waals surface area contributed by atoms with Crippen molar-refractivity contribution in [1.82, 2.24) is 0 Å². The second kappa shape index (κ2) is 8.05. The Kier molecular flexibility index (Phi) is 7.35. The van der Waals surface area contributed by atoms with E-state index in [2.05, 4.69) is 19.1 Å². The van der Waals surface area contributed by atoms with E-state index in [9.17, 15) is 4.79 Å². The van der Waals surface area contributed by atoms with Crippen LogP contribution in [0.2, 0.25) is 0 Å². The molecule has 0 rings (SSSR count). The first-order chi connectivity index (χ1) is 5.77. The standard InChI is InChI=1S/C10H16O2/c1-2-3-4-5-6-7-8-9-10(11)12/h4-5,7-8H,2-3,6,9H2,1H3,(H,11,12)/b5-4+,8-7+. The second-order valence-corrected chi connectivity index (χ2v) is 2.57. The van der Waals surface area contributed by atoms with Crippen LogP contribution in [0.1, 0.15) is 32.6 Å². The van der Waals surface area contributed by atoms with Crippen molar-refractivity contribution in [3.63, 3.8) is 0 Å². The van der Waals surface area contributed by atoms with Crippen molar-refractivity contribution in [1.29, 1.82) is 0 Å². The lowest BCUT2D eigenvalue weighted by Crippen LogP contribution is -1.89. The molecule has 0 fully saturated rings. The highest BCUT2D eigenvalue weighted by Gasteiger charge is 1.86. The first kappa shape index (κ1) is 11.0. The Morgan fingerprint density at radius 3 is 2.50 bits per heavy atom. The van der Waals surface area contributed by atoms with Crippen LogP contribution in [0.15, 0.2) is 24.3 Å². The predicted octanol–water partition coefficient (Wildman–Crippen LogP) is 2.76. The van der Waals surface area contributed by atoms with Gasteiger partial charge in [-0.1, -0.05) is 37.6 Å². The maximum absolute atomic E-state index is 10.1. The van der Waals surface area contributed by atoms with E-state index < -0.39 is 5.97 Å². The molecule has 0 aliphatic carbocycles. The maximum atomic E-state index is 10.1. The lowest BCUT2D eigenvalue weighted by atomic mass is 10.2. The van der Waals surface area contributed by atoms with Crippen LogP contribution in [-0.4, -0.2) is 11.1 Å². The lowest BCUT2D eigenvalue weighted by molar-refractivity contribution is -0.136. The van der Waals surface area contributed by atoms with Gasteiger partial charge in [-0.25, -0.2) is 0 Å². The Bertz CT molecular complexity index is 169. The highest BCUT2D eigenvalue weighted by atomic mass is 16.4. The van der Waals surface area contributed by atoms with Crippen LogP contribution >= 0.6 is 0 Å². The molecule has 1 N–H and O–H groups in total. The third-order valence-corrected chi connectivity index (χ3v) is 1.35. The van der Waals surface area contributed by atoms with Crippen LogP contribution in [-0.2, 0) is 4.79 Å². The van der Waals surface area contributed by atoms with E-state index in [0.29, 0.717) is 0 Å². The SMILES string of the molecule is CCC/C=C/C/C=C/CC(=O)O. The van der Waals surface area contributed by atoms with Crippen LogP contribution in [0.5, 0.6) is 0 Å². The fraction of sp³-hybridized carbons (Fsp3) is 0.500. The number of carbonyl (C=O) groups is 1. The van der Waals surface area contributed by atoms with E-state index in [4.69, 9.17) is 5.11 Å². The van der Waals surface area contributed by atoms with Gasteiger partial charge in [0, 0.05) is 0 Å². The maximum Gasteiger partial charge on any atom is 0.307 e. The smallest absolute Gasteiger partial charge is 0.307 e. The minimum absolute atomic E-state index is 0.127. The van der Waals surface area contributed by atoms with Crippen molar-refractivity contribution >= 4 is 5.97 Å². The van der Waals surface area contributed by atoms with Crippen LogP contribution in [0, 0.1) is 0 Å². The van der Waals surface area contributed by atoms with E-state index in [1.807, 2.05) is 6.08 Å². The molecule has 0 saturated carbocycles. The van der Waals surface area contributed by atoms with Gasteiger partial charge in [0.15, 0.2) is 0 Å². The number of allylic oxidation sites excluding steroid dienone is 3. The molecule has 12 heavy (non-hydrogen) atoms. The first-order valence-electron chi connectivity index (χ1n) is 4.29. The molecule has 0 bridgehead atoms. The fourth-order valence-corrected chi connectivity index (χ4v) is 0.740. The number of aliphatic carboxylic acids is 1. The molecule has 0 atom stereocenters. The van der Waals surface area contributed by atoms with E-state index >= 15 is 0 Å². The van der Waals surface area contributed by atoms with Gasteiger partial charge in [-0.15, -0.1) is 0 Å². The molecular formula is C10H16O2. The number of carboxylic acids is 1. The Balaban J connectivity index is 3.29. The molecule has 2 nitrogen and oxygen atoms in total. The van der Waals surface area contributed by atoms with Gasteiger partial charge < -0.3 is 5.11 Å². The van der Waals surface area contributed by atoms with Crippen molar-refractivity contribution in [2.45, 2.75) is 32.6 Å². The molecule has 0 aromatic carbocycles. The molecule has 68 valence electrons. The lowest BCUT2D eigenvalue weighted by Gasteiger charge is -1.84. The number of rotatable bonds is 6. The normalized spacial score (nSPS) is 11.4. The van der Waals surface area contributed by atoms with Crippen LogP contribution in [0.4, 0.5) is 0 Å². The van der Waals surface area contributed by atoms with Gasteiger partial charge >= 0.3 is 5.97 Å². The van der Waals surface area contributed by atoms with Crippen LogP contribution in [0.25, 0.3) is 0 Å². The number of unbranched alkanes of at least 4 members (excludes halogenated alkanes) is 1. The minimum atomic E-state index is -0.774. The van der Waals surface area contributed by atoms with Gasteiger partial charge in [-0.2, -0.15) is 0 Å². The molecule has 0 radical (unpaired) electrons. The van der Waals surface area contributed by atoms with Crippen molar-refractivity contribution < 1.29 is 9.90 Å². The summed E-state index contributed by atoms with van der Waals surface area (Å²) >= 11 is 0. The molecule has 0 aromatic rings.